The first-order chi connectivity index (χ1) is 8.66. The second-order valence-electron chi connectivity index (χ2n) is 1.25. The van der Waals surface area contributed by atoms with Crippen LogP contribution < -0.4 is 48.0 Å². The van der Waals surface area contributed by atoms with E-state index in [0.29, 0.717) is 0 Å². The molecule has 24 heteroatoms. The molecule has 0 spiro atoms. The fourth-order valence-corrected chi connectivity index (χ4v) is 0. The molecule has 0 saturated carbocycles. The van der Waals surface area contributed by atoms with E-state index in [-0.39, 0.29) is 68.3 Å². The van der Waals surface area contributed by atoms with Gasteiger partial charge in [0, 0.05) is 45.9 Å². The molecule has 0 bridgehead atoms. The molecule has 0 aromatic heterocycles. The van der Waals surface area contributed by atoms with E-state index in [0.717, 1.165) is 0 Å². The van der Waals surface area contributed by atoms with Crippen molar-refractivity contribution < 1.29 is 139 Å². The van der Waals surface area contributed by atoms with Gasteiger partial charge >= 0.3 is 68.3 Å². The molecule has 0 rings (SSSR count). The molecule has 0 amide bonds. The Kier molecular flexibility index (Phi) is 116. The molecule has 0 N–H and O–H groups in total. The molecule has 0 aromatic rings. The zero-order valence-electron chi connectivity index (χ0n) is 10.0. The van der Waals surface area contributed by atoms with Crippen molar-refractivity contribution in [1.82, 2.24) is 0 Å². The minimum Gasteiger partial charge on any atom is -0.672 e. The molecule has 15 nitrogen and oxygen atoms in total. The fraction of sp³-hybridized carbons (Fsp3) is 0. The van der Waals surface area contributed by atoms with Crippen molar-refractivity contribution in [1.29, 1.82) is 0 Å². The number of rotatable bonds is 0. The van der Waals surface area contributed by atoms with Crippen molar-refractivity contribution in [2.75, 3.05) is 0 Å². The third-order valence-corrected chi connectivity index (χ3v) is 0. The average molecular weight is 604 g/mol. The van der Waals surface area contributed by atoms with Crippen LogP contribution in [0.25, 0.3) is 0 Å². The van der Waals surface area contributed by atoms with Crippen molar-refractivity contribution >= 4 is 45.9 Å². The standard InChI is InChI=1S/4Fe.5O3Si/c;;;;5*1-4(2)3/q2*+2;2*+3;5*-2. The van der Waals surface area contributed by atoms with Crippen molar-refractivity contribution in [3.05, 3.63) is 0 Å². The molecule has 0 atom stereocenters. The van der Waals surface area contributed by atoms with Crippen molar-refractivity contribution in [2.45, 2.75) is 0 Å². The Morgan fingerprint density at radius 2 is 0.333 bits per heavy atom. The maximum absolute atomic E-state index is 8.52. The van der Waals surface area contributed by atoms with Gasteiger partial charge in [0.2, 0.25) is 0 Å². The zero-order chi connectivity index (χ0) is 17.9. The van der Waals surface area contributed by atoms with Gasteiger partial charge in [0.25, 0.3) is 0 Å². The van der Waals surface area contributed by atoms with Gasteiger partial charge in [-0.2, -0.15) is 0 Å². The summed E-state index contributed by atoms with van der Waals surface area (Å²) in [6.45, 7) is 0. The Balaban J connectivity index is -0.0000000161. The molecule has 0 aliphatic heterocycles. The molecular formula is Fe4O15Si5. The van der Waals surface area contributed by atoms with Gasteiger partial charge in [-0.25, -0.2) is 0 Å². The van der Waals surface area contributed by atoms with Crippen LogP contribution >= 0.6 is 0 Å². The van der Waals surface area contributed by atoms with Crippen molar-refractivity contribution in [3.63, 3.8) is 0 Å². The topological polar surface area (TPSA) is 316 Å². The Morgan fingerprint density at radius 1 is 0.333 bits per heavy atom. The second kappa shape index (κ2) is 49.5. The van der Waals surface area contributed by atoms with E-state index in [1.165, 1.54) is 0 Å². The summed E-state index contributed by atoms with van der Waals surface area (Å²) < 4.78 is 42.6. The van der Waals surface area contributed by atoms with Gasteiger partial charge in [0.1, 0.15) is 0 Å². The predicted octanol–water partition coefficient (Wildman–Crippen LogP) is -14.4. The summed E-state index contributed by atoms with van der Waals surface area (Å²) in [6.07, 6.45) is 0. The van der Waals surface area contributed by atoms with Gasteiger partial charge in [0.05, 0.1) is 0 Å². The molecule has 0 aliphatic rings. The van der Waals surface area contributed by atoms with Crippen molar-refractivity contribution in [3.8, 4) is 0 Å². The molecule has 0 unspecified atom stereocenters. The second-order valence-corrected chi connectivity index (χ2v) is 3.75. The third-order valence-electron chi connectivity index (χ3n) is 0. The van der Waals surface area contributed by atoms with Crippen LogP contribution in [-0.4, -0.2) is 45.9 Å². The number of hydrogen-bond donors (Lipinski definition) is 0. The Bertz CT molecular complexity index is 217. The van der Waals surface area contributed by atoms with Gasteiger partial charge in [-0.15, -0.1) is 0 Å². The molecule has 0 aliphatic carbocycles. The summed E-state index contributed by atoms with van der Waals surface area (Å²) in [5, 5.41) is 0. The maximum atomic E-state index is 8.52. The van der Waals surface area contributed by atoms with Crippen LogP contribution in [0.2, 0.25) is 0 Å². The molecular weight excluding hydrogens is 604 g/mol. The van der Waals surface area contributed by atoms with Crippen LogP contribution in [0, 0.1) is 0 Å². The van der Waals surface area contributed by atoms with Crippen LogP contribution in [0.4, 0.5) is 0 Å². The normalized spacial score (nSPS) is 5.00. The van der Waals surface area contributed by atoms with Crippen LogP contribution in [0.1, 0.15) is 0 Å². The van der Waals surface area contributed by atoms with Gasteiger partial charge in [-0.05, 0) is 0 Å². The van der Waals surface area contributed by atoms with E-state index in [1.54, 1.807) is 0 Å². The first kappa shape index (κ1) is 56.4. The van der Waals surface area contributed by atoms with Crippen LogP contribution in [0.15, 0.2) is 0 Å². The van der Waals surface area contributed by atoms with Gasteiger partial charge < -0.3 is 70.3 Å². The SMILES string of the molecule is O=[Si]([O-])[O-].O=[Si]([O-])[O-].O=[Si]([O-])[O-].O=[Si]([O-])[O-].O=[Si]([O-])[O-].[Fe+2].[Fe+2].[Fe+3].[Fe+3]. The van der Waals surface area contributed by atoms with Crippen LogP contribution in [-0.2, 0) is 90.6 Å². The van der Waals surface area contributed by atoms with Gasteiger partial charge in [-0.3, -0.25) is 0 Å². The monoisotopic (exact) mass is 604 g/mol. The van der Waals surface area contributed by atoms with Crippen LogP contribution in [0.5, 0.6) is 0 Å². The summed E-state index contributed by atoms with van der Waals surface area (Å²) in [5.41, 5.74) is 0. The summed E-state index contributed by atoms with van der Waals surface area (Å²) in [7, 11) is -18.1. The van der Waals surface area contributed by atoms with Gasteiger partial charge in [0.15, 0.2) is 0 Å². The predicted molar refractivity (Wildman–Crippen MR) is 32.2 cm³/mol. The molecule has 0 heterocycles. The minimum absolute atomic E-state index is 0. The summed E-state index contributed by atoms with van der Waals surface area (Å²) >= 11 is 0. The average Bonchev–Trinajstić information content (AvgIpc) is 1.94. The molecule has 2 radical (unpaired) electrons. The summed E-state index contributed by atoms with van der Waals surface area (Å²) in [6, 6.07) is 0. The van der Waals surface area contributed by atoms with Crippen molar-refractivity contribution in [2.24, 2.45) is 0 Å². The Morgan fingerprint density at radius 3 is 0.333 bits per heavy atom. The molecule has 0 fully saturated rings. The first-order valence-electron chi connectivity index (χ1n) is 3.06. The molecule has 142 valence electrons. The quantitative estimate of drug-likeness (QED) is 0.232. The van der Waals surface area contributed by atoms with Gasteiger partial charge in [-0.1, -0.05) is 0 Å². The Hall–Kier alpha value is 0.162. The molecule has 24 heavy (non-hydrogen) atoms. The Labute approximate surface area is 183 Å². The van der Waals surface area contributed by atoms with E-state index in [1.807, 2.05) is 0 Å². The van der Waals surface area contributed by atoms with E-state index >= 15 is 0 Å². The minimum atomic E-state index is -3.63. The molecule has 0 aromatic carbocycles. The van der Waals surface area contributed by atoms with E-state index in [2.05, 4.69) is 0 Å². The fourth-order valence-electron chi connectivity index (χ4n) is 0. The maximum Gasteiger partial charge on any atom is 3.00 e. The zero-order valence-corrected chi connectivity index (χ0v) is 19.5. The molecule has 0 saturated heterocycles. The largest absolute Gasteiger partial charge is 3.00 e. The van der Waals surface area contributed by atoms with E-state index in [9.17, 15) is 0 Å². The smallest absolute Gasteiger partial charge is 0.672 e. The summed E-state index contributed by atoms with van der Waals surface area (Å²) in [5.74, 6) is 0. The van der Waals surface area contributed by atoms with Crippen LogP contribution in [0.3, 0.4) is 0 Å². The number of hydrogen-bond acceptors (Lipinski definition) is 15. The first-order valence-corrected chi connectivity index (χ1v) is 9.19. The summed E-state index contributed by atoms with van der Waals surface area (Å²) in [4.78, 5) is 85.2. The van der Waals surface area contributed by atoms with E-state index in [4.69, 9.17) is 70.3 Å². The third kappa shape index (κ3) is 377000. The van der Waals surface area contributed by atoms with E-state index < -0.39 is 45.9 Å².